The van der Waals surface area contributed by atoms with Crippen molar-refractivity contribution >= 4 is 65.6 Å². The molecule has 3 rings (SSSR count). The quantitative estimate of drug-likeness (QED) is 0.435. The molecule has 0 saturated carbocycles. The molecule has 0 aromatic heterocycles. The molecule has 0 spiro atoms. The van der Waals surface area contributed by atoms with Gasteiger partial charge in [-0.2, -0.15) is 0 Å². The minimum atomic E-state index is -1.74. The van der Waals surface area contributed by atoms with Gasteiger partial charge in [-0.1, -0.05) is 0 Å². The average molecular weight is 402 g/mol. The molecule has 0 aliphatic rings. The first-order chi connectivity index (χ1) is 10.7. The monoisotopic (exact) mass is 402 g/mol. The van der Waals surface area contributed by atoms with Crippen LogP contribution in [0.3, 0.4) is 0 Å². The summed E-state index contributed by atoms with van der Waals surface area (Å²) >= 11 is 12.3. The van der Waals surface area contributed by atoms with Crippen LogP contribution in [-0.2, 0) is 0 Å². The molecule has 110 valence electrons. The van der Waals surface area contributed by atoms with Gasteiger partial charge in [-0.15, -0.1) is 0 Å². The average Bonchev–Trinajstić information content (AvgIpc) is 2.53. The van der Waals surface area contributed by atoms with E-state index in [9.17, 15) is 0 Å². The van der Waals surface area contributed by atoms with E-state index in [1.807, 2.05) is 18.2 Å². The van der Waals surface area contributed by atoms with Crippen LogP contribution in [0.5, 0.6) is 0 Å². The third-order valence-corrected chi connectivity index (χ3v) is 11.2. The molecule has 0 heterocycles. The zero-order chi connectivity index (χ0) is 15.5. The van der Waals surface area contributed by atoms with Crippen LogP contribution in [0.25, 0.3) is 0 Å². The van der Waals surface area contributed by atoms with Crippen molar-refractivity contribution in [1.82, 2.24) is 0 Å². The van der Waals surface area contributed by atoms with Crippen LogP contribution in [0.4, 0.5) is 0 Å². The van der Waals surface area contributed by atoms with Gasteiger partial charge in [0.2, 0.25) is 0 Å². The van der Waals surface area contributed by atoms with Crippen molar-refractivity contribution in [2.75, 3.05) is 0 Å². The van der Waals surface area contributed by atoms with Gasteiger partial charge in [-0.25, -0.2) is 0 Å². The first kappa shape index (κ1) is 16.1. The Hall–Kier alpha value is -0.732. The summed E-state index contributed by atoms with van der Waals surface area (Å²) in [5.74, 6) is 0. The summed E-state index contributed by atoms with van der Waals surface area (Å²) in [6, 6.07) is 25.0. The first-order valence-electron chi connectivity index (χ1n) is 6.82. The Morgan fingerprint density at radius 3 is 1.00 bits per heavy atom. The van der Waals surface area contributed by atoms with E-state index < -0.39 is 14.7 Å². The summed E-state index contributed by atoms with van der Waals surface area (Å²) in [6.45, 7) is 0. The van der Waals surface area contributed by atoms with Gasteiger partial charge in [0.25, 0.3) is 0 Å². The number of thiol groups is 3. The second-order valence-corrected chi connectivity index (χ2v) is 10.7. The number of hydrogen-bond acceptors (Lipinski definition) is 3. The van der Waals surface area contributed by atoms with E-state index in [0.717, 1.165) is 14.7 Å². The van der Waals surface area contributed by atoms with E-state index in [2.05, 4.69) is 54.6 Å². The molecule has 3 aromatic rings. The molecule has 4 heteroatoms. The van der Waals surface area contributed by atoms with E-state index in [4.69, 9.17) is 37.9 Å². The van der Waals surface area contributed by atoms with Gasteiger partial charge in [0.05, 0.1) is 0 Å². The van der Waals surface area contributed by atoms with Gasteiger partial charge < -0.3 is 0 Å². The fourth-order valence-electron chi connectivity index (χ4n) is 2.35. The minimum absolute atomic E-state index is 1.04. The van der Waals surface area contributed by atoms with Gasteiger partial charge in [-0.05, 0) is 0 Å². The van der Waals surface area contributed by atoms with Crippen molar-refractivity contribution in [3.05, 3.63) is 72.8 Å². The second-order valence-electron chi connectivity index (χ2n) is 4.80. The van der Waals surface area contributed by atoms with Crippen molar-refractivity contribution in [2.45, 2.75) is 14.7 Å². The van der Waals surface area contributed by atoms with Crippen LogP contribution >= 0.6 is 37.9 Å². The Labute approximate surface area is 152 Å². The van der Waals surface area contributed by atoms with E-state index in [0.29, 0.717) is 0 Å². The molecule has 0 nitrogen and oxygen atoms in total. The molecule has 0 N–H and O–H groups in total. The molecule has 0 radical (unpaired) electrons. The van der Waals surface area contributed by atoms with Crippen LogP contribution in [0.1, 0.15) is 0 Å². The molecule has 0 aliphatic carbocycles. The summed E-state index contributed by atoms with van der Waals surface area (Å²) in [5.41, 5.74) is 0. The van der Waals surface area contributed by atoms with Crippen LogP contribution < -0.4 is 13.1 Å². The normalized spacial score (nSPS) is 10.9. The molecular formula is C18H15AsS3. The first-order valence-corrected chi connectivity index (χ1v) is 11.0. The summed E-state index contributed by atoms with van der Waals surface area (Å²) in [5, 5.41) is 0. The molecule has 0 aliphatic heterocycles. The SMILES string of the molecule is Sc1ccccc1[As](c1ccccc1S)c1ccccc1S. The third-order valence-electron chi connectivity index (χ3n) is 3.37. The Morgan fingerprint density at radius 1 is 0.455 bits per heavy atom. The molecule has 0 bridgehead atoms. The van der Waals surface area contributed by atoms with Crippen LogP contribution in [0, 0.1) is 0 Å². The Morgan fingerprint density at radius 2 is 0.727 bits per heavy atom. The molecule has 0 atom stereocenters. The zero-order valence-electron chi connectivity index (χ0n) is 11.7. The molecule has 0 saturated heterocycles. The number of rotatable bonds is 3. The van der Waals surface area contributed by atoms with Crippen LogP contribution in [-0.4, -0.2) is 14.7 Å². The van der Waals surface area contributed by atoms with Crippen molar-refractivity contribution in [1.29, 1.82) is 0 Å². The summed E-state index contributed by atoms with van der Waals surface area (Å²) in [4.78, 5) is 3.11. The number of hydrogen-bond donors (Lipinski definition) is 3. The van der Waals surface area contributed by atoms with Crippen molar-refractivity contribution < 1.29 is 0 Å². The summed E-state index contributed by atoms with van der Waals surface area (Å²) in [7, 11) is 0. The predicted octanol–water partition coefficient (Wildman–Crippen LogP) is 3.07. The van der Waals surface area contributed by atoms with Gasteiger partial charge >= 0.3 is 153 Å². The van der Waals surface area contributed by atoms with Gasteiger partial charge in [0.15, 0.2) is 0 Å². The van der Waals surface area contributed by atoms with Gasteiger partial charge in [0, 0.05) is 0 Å². The van der Waals surface area contributed by atoms with Crippen molar-refractivity contribution in [3.63, 3.8) is 0 Å². The Kier molecular flexibility index (Phi) is 5.30. The molecular weight excluding hydrogens is 387 g/mol. The Balaban J connectivity index is 2.27. The second kappa shape index (κ2) is 7.23. The van der Waals surface area contributed by atoms with Crippen LogP contribution in [0.2, 0.25) is 0 Å². The van der Waals surface area contributed by atoms with E-state index in [1.54, 1.807) is 0 Å². The van der Waals surface area contributed by atoms with E-state index >= 15 is 0 Å². The standard InChI is InChI=1S/C18H15AsS3/c20-16-10-4-1-7-13(16)19(14-8-2-5-11-17(14)21)15-9-3-6-12-18(15)22/h1-12,20-22H. The maximum atomic E-state index is 4.69. The van der Waals surface area contributed by atoms with E-state index in [1.165, 1.54) is 13.1 Å². The summed E-state index contributed by atoms with van der Waals surface area (Å²) in [6.07, 6.45) is 0. The molecule has 22 heavy (non-hydrogen) atoms. The van der Waals surface area contributed by atoms with E-state index in [-0.39, 0.29) is 0 Å². The fraction of sp³-hybridized carbons (Fsp3) is 0. The maximum absolute atomic E-state index is 4.69. The van der Waals surface area contributed by atoms with Gasteiger partial charge in [-0.3, -0.25) is 0 Å². The predicted molar refractivity (Wildman–Crippen MR) is 106 cm³/mol. The van der Waals surface area contributed by atoms with Gasteiger partial charge in [0.1, 0.15) is 0 Å². The van der Waals surface area contributed by atoms with Crippen LogP contribution in [0.15, 0.2) is 87.5 Å². The molecule has 0 amide bonds. The number of benzene rings is 3. The zero-order valence-corrected chi connectivity index (χ0v) is 16.3. The Bertz CT molecular complexity index is 693. The molecule has 0 fully saturated rings. The molecule has 3 aromatic carbocycles. The van der Waals surface area contributed by atoms with Crippen molar-refractivity contribution in [3.8, 4) is 0 Å². The topological polar surface area (TPSA) is 0 Å². The van der Waals surface area contributed by atoms with Crippen molar-refractivity contribution in [2.24, 2.45) is 0 Å². The fourth-order valence-corrected chi connectivity index (χ4v) is 9.41. The third kappa shape index (κ3) is 3.28. The molecule has 0 unspecified atom stereocenters. The summed E-state index contributed by atoms with van der Waals surface area (Å²) < 4.78 is 3.92.